The van der Waals surface area contributed by atoms with E-state index >= 15 is 0 Å². The third kappa shape index (κ3) is 10.4. The summed E-state index contributed by atoms with van der Waals surface area (Å²) in [6.45, 7) is 6.37. The van der Waals surface area contributed by atoms with E-state index in [0.717, 1.165) is 13.2 Å². The van der Waals surface area contributed by atoms with Crippen molar-refractivity contribution >= 4 is 0 Å². The predicted molar refractivity (Wildman–Crippen MR) is 72.0 cm³/mol. The van der Waals surface area contributed by atoms with Crippen molar-refractivity contribution in [3.8, 4) is 0 Å². The molecule has 0 aromatic heterocycles. The molecule has 0 heterocycles. The molecule has 0 aliphatic rings. The van der Waals surface area contributed by atoms with Gasteiger partial charge >= 0.3 is 0 Å². The number of hydrogen-bond donors (Lipinski definition) is 1. The van der Waals surface area contributed by atoms with Crippen LogP contribution in [0.15, 0.2) is 0 Å². The summed E-state index contributed by atoms with van der Waals surface area (Å²) < 4.78 is 5.08. The molecule has 0 aromatic carbocycles. The topological polar surface area (TPSA) is 21.3 Å². The van der Waals surface area contributed by atoms with Gasteiger partial charge < -0.3 is 10.1 Å². The Hall–Kier alpha value is -0.0800. The molecule has 0 amide bonds. The molecule has 2 heteroatoms. The maximum atomic E-state index is 5.08. The summed E-state index contributed by atoms with van der Waals surface area (Å²) >= 11 is 0. The van der Waals surface area contributed by atoms with Crippen LogP contribution in [0.3, 0.4) is 0 Å². The van der Waals surface area contributed by atoms with Gasteiger partial charge in [0.15, 0.2) is 0 Å². The molecule has 0 unspecified atom stereocenters. The molecule has 98 valence electrons. The maximum Gasteiger partial charge on any atom is 0.0587 e. The summed E-state index contributed by atoms with van der Waals surface area (Å²) in [5, 5.41) is 3.61. The van der Waals surface area contributed by atoms with Crippen molar-refractivity contribution in [2.75, 3.05) is 20.3 Å². The predicted octanol–water partition coefficient (Wildman–Crippen LogP) is 3.75. The molecule has 0 radical (unpaired) electrons. The first-order valence-electron chi connectivity index (χ1n) is 7.07. The smallest absolute Gasteiger partial charge is 0.0587 e. The molecule has 0 spiro atoms. The monoisotopic (exact) mass is 229 g/mol. The first-order valence-corrected chi connectivity index (χ1v) is 7.07. The average molecular weight is 229 g/mol. The highest BCUT2D eigenvalue weighted by Gasteiger charge is 2.06. The van der Waals surface area contributed by atoms with E-state index in [1.165, 1.54) is 51.4 Å². The molecule has 0 bridgehead atoms. The van der Waals surface area contributed by atoms with Gasteiger partial charge in [-0.25, -0.2) is 0 Å². The zero-order valence-corrected chi connectivity index (χ0v) is 11.6. The highest BCUT2D eigenvalue weighted by Crippen LogP contribution is 2.10. The van der Waals surface area contributed by atoms with Crippen LogP contribution in [0.1, 0.15) is 65.2 Å². The molecule has 0 aliphatic heterocycles. The van der Waals surface area contributed by atoms with E-state index in [9.17, 15) is 0 Å². The van der Waals surface area contributed by atoms with Crippen molar-refractivity contribution in [2.24, 2.45) is 0 Å². The summed E-state index contributed by atoms with van der Waals surface area (Å²) in [6, 6.07) is 0.716. The van der Waals surface area contributed by atoms with Crippen LogP contribution in [-0.2, 0) is 4.74 Å². The minimum Gasteiger partial charge on any atom is -0.383 e. The lowest BCUT2D eigenvalue weighted by Gasteiger charge is -2.18. The number of hydrogen-bond acceptors (Lipinski definition) is 2. The molecule has 0 fully saturated rings. The van der Waals surface area contributed by atoms with Gasteiger partial charge in [0.1, 0.15) is 0 Å². The fourth-order valence-electron chi connectivity index (χ4n) is 2.00. The van der Waals surface area contributed by atoms with Gasteiger partial charge in [0, 0.05) is 19.7 Å². The number of nitrogens with one attached hydrogen (secondary N) is 1. The summed E-state index contributed by atoms with van der Waals surface area (Å²) in [5.41, 5.74) is 0. The average Bonchev–Trinajstić information content (AvgIpc) is 2.29. The van der Waals surface area contributed by atoms with Crippen LogP contribution in [0.4, 0.5) is 0 Å². The first kappa shape index (κ1) is 15.9. The van der Waals surface area contributed by atoms with Crippen molar-refractivity contribution in [1.29, 1.82) is 0 Å². The van der Waals surface area contributed by atoms with E-state index in [-0.39, 0.29) is 0 Å². The Morgan fingerprint density at radius 3 is 1.94 bits per heavy atom. The number of methoxy groups -OCH3 is 1. The minimum atomic E-state index is 0.716. The Labute approximate surface area is 102 Å². The summed E-state index contributed by atoms with van der Waals surface area (Å²) in [7, 11) is 1.77. The lowest BCUT2D eigenvalue weighted by molar-refractivity contribution is 0.193. The Bertz CT molecular complexity index is 104. The number of ether oxygens (including phenoxy) is 1. The van der Waals surface area contributed by atoms with E-state index < -0.39 is 0 Å². The van der Waals surface area contributed by atoms with Gasteiger partial charge in [0.05, 0.1) is 6.61 Å². The second-order valence-corrected chi connectivity index (χ2v) is 4.64. The van der Waals surface area contributed by atoms with Gasteiger partial charge in [-0.1, -0.05) is 52.4 Å². The van der Waals surface area contributed by atoms with Crippen molar-refractivity contribution in [3.63, 3.8) is 0 Å². The van der Waals surface area contributed by atoms with Crippen LogP contribution in [0, 0.1) is 0 Å². The largest absolute Gasteiger partial charge is 0.383 e. The van der Waals surface area contributed by atoms with E-state index in [1.807, 2.05) is 0 Å². The number of rotatable bonds is 12. The Kier molecular flexibility index (Phi) is 12.9. The first-order chi connectivity index (χ1) is 7.85. The highest BCUT2D eigenvalue weighted by atomic mass is 16.5. The maximum absolute atomic E-state index is 5.08. The summed E-state index contributed by atoms with van der Waals surface area (Å²) in [5.74, 6) is 0. The van der Waals surface area contributed by atoms with E-state index in [0.29, 0.717) is 6.04 Å². The van der Waals surface area contributed by atoms with Crippen LogP contribution in [0.5, 0.6) is 0 Å². The normalized spacial score (nSPS) is 11.2. The molecule has 0 saturated carbocycles. The third-order valence-corrected chi connectivity index (χ3v) is 3.05. The van der Waals surface area contributed by atoms with Gasteiger partial charge in [-0.3, -0.25) is 0 Å². The molecule has 0 rings (SSSR count). The summed E-state index contributed by atoms with van der Waals surface area (Å²) in [4.78, 5) is 0. The van der Waals surface area contributed by atoms with Gasteiger partial charge in [0.2, 0.25) is 0 Å². The Morgan fingerprint density at radius 1 is 0.938 bits per heavy atom. The highest BCUT2D eigenvalue weighted by molar-refractivity contribution is 4.67. The van der Waals surface area contributed by atoms with Crippen molar-refractivity contribution in [3.05, 3.63) is 0 Å². The van der Waals surface area contributed by atoms with Gasteiger partial charge in [0.25, 0.3) is 0 Å². The minimum absolute atomic E-state index is 0.716. The van der Waals surface area contributed by atoms with Gasteiger partial charge in [-0.05, 0) is 12.8 Å². The van der Waals surface area contributed by atoms with Crippen LogP contribution in [0.25, 0.3) is 0 Å². The Morgan fingerprint density at radius 2 is 1.50 bits per heavy atom. The molecule has 0 saturated heterocycles. The second-order valence-electron chi connectivity index (χ2n) is 4.64. The van der Waals surface area contributed by atoms with E-state index in [2.05, 4.69) is 19.2 Å². The third-order valence-electron chi connectivity index (χ3n) is 3.05. The van der Waals surface area contributed by atoms with Crippen molar-refractivity contribution in [1.82, 2.24) is 5.32 Å². The fourth-order valence-corrected chi connectivity index (χ4v) is 2.00. The summed E-state index contributed by atoms with van der Waals surface area (Å²) in [6.07, 6.45) is 10.8. The Balaban J connectivity index is 3.58. The zero-order valence-electron chi connectivity index (χ0n) is 11.6. The van der Waals surface area contributed by atoms with Crippen LogP contribution < -0.4 is 5.32 Å². The van der Waals surface area contributed by atoms with Crippen LogP contribution in [-0.4, -0.2) is 26.3 Å². The molecule has 2 nitrogen and oxygen atoms in total. The SMILES string of the molecule is CCCCCC(CCCCC)NCCOC. The second kappa shape index (κ2) is 13.0. The number of unbranched alkanes of at least 4 members (excludes halogenated alkanes) is 4. The standard InChI is InChI=1S/C14H31NO/c1-4-6-8-10-14(11-9-7-5-2)15-12-13-16-3/h14-15H,4-13H2,1-3H3. The molecular weight excluding hydrogens is 198 g/mol. The molecule has 0 aromatic rings. The molecule has 1 N–H and O–H groups in total. The lowest BCUT2D eigenvalue weighted by atomic mass is 10.0. The van der Waals surface area contributed by atoms with Crippen molar-refractivity contribution in [2.45, 2.75) is 71.3 Å². The molecule has 0 atom stereocenters. The fraction of sp³-hybridized carbons (Fsp3) is 1.00. The lowest BCUT2D eigenvalue weighted by Crippen LogP contribution is -2.31. The van der Waals surface area contributed by atoms with E-state index in [4.69, 9.17) is 4.74 Å². The van der Waals surface area contributed by atoms with Crippen molar-refractivity contribution < 1.29 is 4.74 Å². The molecule has 0 aliphatic carbocycles. The van der Waals surface area contributed by atoms with Crippen LogP contribution >= 0.6 is 0 Å². The van der Waals surface area contributed by atoms with Crippen LogP contribution in [0.2, 0.25) is 0 Å². The molecular formula is C14H31NO. The van der Waals surface area contributed by atoms with Gasteiger partial charge in [-0.15, -0.1) is 0 Å². The quantitative estimate of drug-likeness (QED) is 0.515. The zero-order chi connectivity index (χ0) is 12.1. The van der Waals surface area contributed by atoms with Gasteiger partial charge in [-0.2, -0.15) is 0 Å². The van der Waals surface area contributed by atoms with E-state index in [1.54, 1.807) is 7.11 Å². The molecule has 16 heavy (non-hydrogen) atoms.